The van der Waals surface area contributed by atoms with Gasteiger partial charge in [0.15, 0.2) is 0 Å². The van der Waals surface area contributed by atoms with Crippen molar-refractivity contribution in [1.82, 2.24) is 0 Å². The van der Waals surface area contributed by atoms with E-state index in [9.17, 15) is 4.57 Å². The average molecular weight is 210 g/mol. The Morgan fingerprint density at radius 2 is 1.79 bits per heavy atom. The van der Waals surface area contributed by atoms with E-state index in [0.717, 1.165) is 30.7 Å². The van der Waals surface area contributed by atoms with Crippen LogP contribution < -0.4 is 0 Å². The van der Waals surface area contributed by atoms with Gasteiger partial charge in [0.05, 0.1) is 6.61 Å². The van der Waals surface area contributed by atoms with E-state index < -0.39 is 7.37 Å². The molecule has 1 aliphatic rings. The SMILES string of the molecule is O=P1(OCc2ccccc2)CCCC1. The quantitative estimate of drug-likeness (QED) is 0.715. The van der Waals surface area contributed by atoms with Crippen molar-refractivity contribution in [3.8, 4) is 0 Å². The minimum absolute atomic E-state index is 0.498. The van der Waals surface area contributed by atoms with Crippen molar-refractivity contribution in [2.45, 2.75) is 19.4 Å². The van der Waals surface area contributed by atoms with Crippen molar-refractivity contribution in [3.05, 3.63) is 35.9 Å². The van der Waals surface area contributed by atoms with Crippen LogP contribution in [-0.2, 0) is 15.7 Å². The van der Waals surface area contributed by atoms with E-state index in [4.69, 9.17) is 4.52 Å². The Hall–Kier alpha value is -0.590. The molecule has 2 nitrogen and oxygen atoms in total. The topological polar surface area (TPSA) is 26.3 Å². The van der Waals surface area contributed by atoms with Crippen LogP contribution in [0.5, 0.6) is 0 Å². The van der Waals surface area contributed by atoms with Gasteiger partial charge in [-0.3, -0.25) is 4.57 Å². The predicted molar refractivity (Wildman–Crippen MR) is 57.8 cm³/mol. The van der Waals surface area contributed by atoms with Gasteiger partial charge in [-0.05, 0) is 18.4 Å². The third-order valence-electron chi connectivity index (χ3n) is 2.56. The second-order valence-electron chi connectivity index (χ2n) is 3.73. The summed E-state index contributed by atoms with van der Waals surface area (Å²) >= 11 is 0. The first-order chi connectivity index (χ1) is 6.79. The van der Waals surface area contributed by atoms with Crippen LogP contribution in [0.4, 0.5) is 0 Å². The molecule has 0 N–H and O–H groups in total. The number of rotatable bonds is 3. The monoisotopic (exact) mass is 210 g/mol. The molecule has 2 rings (SSSR count). The van der Waals surface area contributed by atoms with Crippen molar-refractivity contribution < 1.29 is 9.09 Å². The van der Waals surface area contributed by atoms with Crippen LogP contribution in [0.25, 0.3) is 0 Å². The molecule has 0 aromatic heterocycles. The molecular formula is C11H15O2P. The van der Waals surface area contributed by atoms with Crippen molar-refractivity contribution in [3.63, 3.8) is 0 Å². The molecule has 3 heteroatoms. The maximum Gasteiger partial charge on any atom is 0.203 e. The number of benzene rings is 1. The van der Waals surface area contributed by atoms with Gasteiger partial charge in [0.25, 0.3) is 0 Å². The van der Waals surface area contributed by atoms with Gasteiger partial charge in [0, 0.05) is 12.3 Å². The molecular weight excluding hydrogens is 195 g/mol. The summed E-state index contributed by atoms with van der Waals surface area (Å²) in [6, 6.07) is 9.93. The Morgan fingerprint density at radius 3 is 2.43 bits per heavy atom. The lowest BCUT2D eigenvalue weighted by molar-refractivity contribution is 0.306. The molecule has 0 radical (unpaired) electrons. The maximum absolute atomic E-state index is 12.0. The smallest absolute Gasteiger partial charge is 0.203 e. The standard InChI is InChI=1S/C11H15O2P/c12-14(8-4-5-9-14)13-10-11-6-2-1-3-7-11/h1-3,6-7H,4-5,8-10H2. The largest absolute Gasteiger partial charge is 0.324 e. The number of hydrogen-bond acceptors (Lipinski definition) is 2. The maximum atomic E-state index is 12.0. The summed E-state index contributed by atoms with van der Waals surface area (Å²) in [5.41, 5.74) is 1.11. The summed E-state index contributed by atoms with van der Waals surface area (Å²) in [7, 11) is -2.24. The molecule has 76 valence electrons. The fourth-order valence-electron chi connectivity index (χ4n) is 1.71. The first-order valence-electron chi connectivity index (χ1n) is 5.05. The zero-order valence-electron chi connectivity index (χ0n) is 8.19. The van der Waals surface area contributed by atoms with Gasteiger partial charge in [0.2, 0.25) is 7.37 Å². The third-order valence-corrected chi connectivity index (χ3v) is 5.15. The van der Waals surface area contributed by atoms with Crippen molar-refractivity contribution in [2.24, 2.45) is 0 Å². The van der Waals surface area contributed by atoms with Gasteiger partial charge in [-0.2, -0.15) is 0 Å². The Kier molecular flexibility index (Phi) is 3.05. The van der Waals surface area contributed by atoms with E-state index >= 15 is 0 Å². The highest BCUT2D eigenvalue weighted by Gasteiger charge is 2.27. The molecule has 1 aliphatic heterocycles. The van der Waals surface area contributed by atoms with Crippen LogP contribution in [0.15, 0.2) is 30.3 Å². The highest BCUT2D eigenvalue weighted by molar-refractivity contribution is 7.59. The summed E-state index contributed by atoms with van der Waals surface area (Å²) in [6.45, 7) is 0.498. The molecule has 1 heterocycles. The van der Waals surface area contributed by atoms with Gasteiger partial charge < -0.3 is 4.52 Å². The van der Waals surface area contributed by atoms with E-state index in [1.54, 1.807) is 0 Å². The highest BCUT2D eigenvalue weighted by atomic mass is 31.2. The molecule has 1 aromatic carbocycles. The third kappa shape index (κ3) is 2.46. The average Bonchev–Trinajstić information content (AvgIpc) is 2.65. The minimum atomic E-state index is -2.24. The van der Waals surface area contributed by atoms with Gasteiger partial charge in [0.1, 0.15) is 0 Å². The molecule has 0 bridgehead atoms. The van der Waals surface area contributed by atoms with E-state index in [0.29, 0.717) is 6.61 Å². The lowest BCUT2D eigenvalue weighted by Gasteiger charge is -2.11. The van der Waals surface area contributed by atoms with Gasteiger partial charge in [-0.15, -0.1) is 0 Å². The zero-order valence-corrected chi connectivity index (χ0v) is 9.08. The second kappa shape index (κ2) is 4.29. The highest BCUT2D eigenvalue weighted by Crippen LogP contribution is 2.53. The fourth-order valence-corrected chi connectivity index (χ4v) is 3.99. The van der Waals surface area contributed by atoms with Crippen LogP contribution in [0.1, 0.15) is 18.4 Å². The molecule has 0 atom stereocenters. The van der Waals surface area contributed by atoms with E-state index in [2.05, 4.69) is 0 Å². The first-order valence-corrected chi connectivity index (χ1v) is 7.05. The summed E-state index contributed by atoms with van der Waals surface area (Å²) < 4.78 is 17.5. The van der Waals surface area contributed by atoms with Gasteiger partial charge >= 0.3 is 0 Å². The van der Waals surface area contributed by atoms with Crippen LogP contribution in [0.3, 0.4) is 0 Å². The summed E-state index contributed by atoms with van der Waals surface area (Å²) in [5, 5.41) is 0. The molecule has 0 unspecified atom stereocenters. The molecule has 0 amide bonds. The molecule has 0 spiro atoms. The molecule has 1 aromatic rings. The van der Waals surface area contributed by atoms with Crippen molar-refractivity contribution in [1.29, 1.82) is 0 Å². The molecule has 1 saturated heterocycles. The minimum Gasteiger partial charge on any atom is -0.324 e. The Labute approximate surface area is 84.7 Å². The summed E-state index contributed by atoms with van der Waals surface area (Å²) in [4.78, 5) is 0. The summed E-state index contributed by atoms with van der Waals surface area (Å²) in [6.07, 6.45) is 3.68. The van der Waals surface area contributed by atoms with Crippen LogP contribution in [0.2, 0.25) is 0 Å². The van der Waals surface area contributed by atoms with Crippen LogP contribution >= 0.6 is 7.37 Å². The molecule has 1 fully saturated rings. The predicted octanol–water partition coefficient (Wildman–Crippen LogP) is 3.28. The molecule has 14 heavy (non-hydrogen) atoms. The first kappa shape index (κ1) is 9.95. The Morgan fingerprint density at radius 1 is 1.14 bits per heavy atom. The van der Waals surface area contributed by atoms with E-state index in [-0.39, 0.29) is 0 Å². The number of hydrogen-bond donors (Lipinski definition) is 0. The second-order valence-corrected chi connectivity index (χ2v) is 6.51. The van der Waals surface area contributed by atoms with Crippen LogP contribution in [-0.4, -0.2) is 12.3 Å². The van der Waals surface area contributed by atoms with Gasteiger partial charge in [-0.1, -0.05) is 30.3 Å². The summed E-state index contributed by atoms with van der Waals surface area (Å²) in [5.74, 6) is 0. The van der Waals surface area contributed by atoms with Crippen LogP contribution in [0, 0.1) is 0 Å². The normalized spacial score (nSPS) is 19.7. The lowest BCUT2D eigenvalue weighted by Crippen LogP contribution is -1.93. The lowest BCUT2D eigenvalue weighted by atomic mass is 10.2. The van der Waals surface area contributed by atoms with E-state index in [1.165, 1.54) is 0 Å². The van der Waals surface area contributed by atoms with Crippen molar-refractivity contribution in [2.75, 3.05) is 12.3 Å². The zero-order chi connectivity index (χ0) is 9.86. The van der Waals surface area contributed by atoms with Crippen molar-refractivity contribution >= 4 is 7.37 Å². The Bertz CT molecular complexity index is 324. The Balaban J connectivity index is 1.91. The van der Waals surface area contributed by atoms with Gasteiger partial charge in [-0.25, -0.2) is 0 Å². The molecule has 0 aliphatic carbocycles. The fraction of sp³-hybridized carbons (Fsp3) is 0.455. The molecule has 0 saturated carbocycles. The van der Waals surface area contributed by atoms with E-state index in [1.807, 2.05) is 30.3 Å².